The van der Waals surface area contributed by atoms with Crippen molar-refractivity contribution in [2.24, 2.45) is 29.4 Å². The summed E-state index contributed by atoms with van der Waals surface area (Å²) in [5, 5.41) is 27.2. The van der Waals surface area contributed by atoms with Crippen LogP contribution in [0, 0.1) is 34.5 Å². The van der Waals surface area contributed by atoms with Crippen LogP contribution >= 0.6 is 0 Å². The topological polar surface area (TPSA) is 256 Å². The number of aryl methyl sites for hydroxylation is 1. The van der Waals surface area contributed by atoms with Crippen LogP contribution in [-0.2, 0) is 58.8 Å². The second-order valence-electron chi connectivity index (χ2n) is 19.6. The van der Waals surface area contributed by atoms with Crippen LogP contribution in [0.1, 0.15) is 98.1 Å². The number of rotatable bonds is 33. The highest BCUT2D eigenvalue weighted by Crippen LogP contribution is 2.29. The minimum Gasteiger partial charge on any atom is -0.481 e. The number of nitrogens with one attached hydrogen (secondary N) is 3. The van der Waals surface area contributed by atoms with Gasteiger partial charge in [-0.05, 0) is 61.8 Å². The summed E-state index contributed by atoms with van der Waals surface area (Å²) in [4.78, 5) is 70.0. The van der Waals surface area contributed by atoms with Crippen LogP contribution in [-0.4, -0.2) is 179 Å². The number of primary amides is 1. The highest BCUT2D eigenvalue weighted by molar-refractivity contribution is 5.99. The summed E-state index contributed by atoms with van der Waals surface area (Å²) in [7, 11) is 6.64. The molecule has 19 nitrogen and oxygen atoms in total. The van der Waals surface area contributed by atoms with E-state index in [-0.39, 0.29) is 72.8 Å². The first-order valence-electron chi connectivity index (χ1n) is 26.0. The van der Waals surface area contributed by atoms with E-state index < -0.39 is 48.1 Å². The van der Waals surface area contributed by atoms with Crippen LogP contribution < -0.4 is 11.1 Å². The zero-order chi connectivity index (χ0) is 55.3. The molecule has 8 atom stereocenters. The van der Waals surface area contributed by atoms with Gasteiger partial charge in [-0.1, -0.05) is 103 Å². The molecule has 0 saturated carbocycles. The predicted molar refractivity (Wildman–Crippen MR) is 285 cm³/mol. The molecule has 0 bridgehead atoms. The Kier molecular flexibility index (Phi) is 30.7. The van der Waals surface area contributed by atoms with Crippen molar-refractivity contribution >= 4 is 41.4 Å². The number of amides is 4. The van der Waals surface area contributed by atoms with Crippen LogP contribution in [0.4, 0.5) is 0 Å². The highest BCUT2D eigenvalue weighted by atomic mass is 16.5. The van der Waals surface area contributed by atoms with E-state index in [0.717, 1.165) is 19.3 Å². The number of likely N-dealkylation sites (N-methyl/N-ethyl adjacent to an activating group) is 2. The Morgan fingerprint density at radius 3 is 1.92 bits per heavy atom. The van der Waals surface area contributed by atoms with Crippen molar-refractivity contribution in [3.8, 4) is 0 Å². The van der Waals surface area contributed by atoms with Crippen molar-refractivity contribution in [2.75, 3.05) is 81.0 Å². The maximum Gasteiger partial charge on any atom is 0.305 e. The fraction of sp³-hybridized carbons (Fsp3) is 0.655. The van der Waals surface area contributed by atoms with Crippen LogP contribution in [0.15, 0.2) is 60.7 Å². The molecule has 0 aliphatic carbocycles. The fourth-order valence-electron chi connectivity index (χ4n) is 9.08. The molecular formula is C55H89N7O12. The molecule has 7 unspecified atom stereocenters. The number of carbonyl (C=O) groups excluding carboxylic acids is 4. The Morgan fingerprint density at radius 2 is 1.39 bits per heavy atom. The van der Waals surface area contributed by atoms with Gasteiger partial charge in [0.2, 0.25) is 29.5 Å². The van der Waals surface area contributed by atoms with Gasteiger partial charge in [0.05, 0.1) is 88.7 Å². The Hall–Kier alpha value is -5.31. The lowest BCUT2D eigenvalue weighted by Crippen LogP contribution is -2.60. The van der Waals surface area contributed by atoms with Crippen molar-refractivity contribution in [1.29, 1.82) is 10.8 Å². The van der Waals surface area contributed by atoms with E-state index in [2.05, 4.69) is 5.32 Å². The number of hydrogen-bond acceptors (Lipinski definition) is 14. The number of likely N-dealkylation sites (tertiary alicyclic amines) is 1. The first-order valence-corrected chi connectivity index (χ1v) is 26.0. The zero-order valence-corrected chi connectivity index (χ0v) is 46.0. The average molecular weight is 1040 g/mol. The normalized spacial score (nSPS) is 16.3. The maximum absolute atomic E-state index is 14.3. The molecule has 19 heteroatoms. The minimum atomic E-state index is -0.908. The maximum atomic E-state index is 14.3. The van der Waals surface area contributed by atoms with E-state index in [1.54, 1.807) is 43.0 Å². The number of ether oxygens (including phenoxy) is 6. The quantitative estimate of drug-likeness (QED) is 0.0329. The molecule has 1 aliphatic rings. The number of nitrogens with zero attached hydrogens (tertiary/aromatic N) is 3. The number of carboxylic acids is 1. The van der Waals surface area contributed by atoms with Gasteiger partial charge in [-0.25, -0.2) is 0 Å². The molecule has 3 rings (SSSR count). The minimum absolute atomic E-state index is 0.0249. The molecule has 1 aliphatic heterocycles. The Balaban J connectivity index is 0.000000815. The number of carbonyl (C=O) groups is 5. The lowest BCUT2D eigenvalue weighted by Gasteiger charge is -2.41. The van der Waals surface area contributed by atoms with Gasteiger partial charge in [-0.2, -0.15) is 0 Å². The summed E-state index contributed by atoms with van der Waals surface area (Å²) in [6, 6.07) is 17.0. The van der Waals surface area contributed by atoms with Gasteiger partial charge in [-0.3, -0.25) is 39.7 Å². The summed E-state index contributed by atoms with van der Waals surface area (Å²) >= 11 is 0. The third kappa shape index (κ3) is 22.3. The SMILES string of the molecule is CCC(C)C(C(CC(=O)N1CCCC1C(OC)C(C)C(N)=O)OC)N(C)C(=O)[C@@H](NC(=O)C(C(C)C)N(C)CCOCCOCCOCCC(=O)O)C(C)C.N=C(CCc1ccccc1)OC(=N)c1ccccc1. The summed E-state index contributed by atoms with van der Waals surface area (Å²) in [6.07, 6.45) is 2.24. The van der Waals surface area contributed by atoms with Gasteiger partial charge in [-0.15, -0.1) is 0 Å². The van der Waals surface area contributed by atoms with E-state index in [9.17, 15) is 24.0 Å². The van der Waals surface area contributed by atoms with E-state index >= 15 is 0 Å². The lowest BCUT2D eigenvalue weighted by molar-refractivity contribution is -0.148. The van der Waals surface area contributed by atoms with Gasteiger partial charge in [0, 0.05) is 46.3 Å². The molecule has 1 saturated heterocycles. The number of aliphatic carboxylic acids is 1. The van der Waals surface area contributed by atoms with Gasteiger partial charge in [0.25, 0.3) is 0 Å². The van der Waals surface area contributed by atoms with Crippen molar-refractivity contribution in [1.82, 2.24) is 20.0 Å². The smallest absolute Gasteiger partial charge is 0.305 e. The Labute approximate surface area is 440 Å². The standard InChI is InChI=1S/C39H73N5O11.C16H16N2O/c1-12-27(6)35(30(51-10)24-31(45)44-16-13-14-29(44)36(52-11)28(7)37(40)48)43(9)39(50)33(25(2)3)41-38(49)34(26(4)5)42(8)17-19-54-21-23-55-22-20-53-18-15-32(46)47;17-15(12-11-13-7-3-1-4-8-13)19-16(18)14-9-5-2-6-10-14/h25-30,33-36H,12-24H2,1-11H3,(H2,40,48)(H,41,49)(H,46,47);1-10,17-18H,11-12H2/t27?,28?,29?,30?,33-,34?,35?,36?;/m0./s1. The fourth-order valence-corrected chi connectivity index (χ4v) is 9.08. The Bertz CT molecular complexity index is 1990. The summed E-state index contributed by atoms with van der Waals surface area (Å²) in [5.74, 6) is -2.83. The number of nitrogens with two attached hydrogens (primary N) is 1. The Morgan fingerprint density at radius 1 is 0.811 bits per heavy atom. The van der Waals surface area contributed by atoms with Gasteiger partial charge < -0.3 is 54.4 Å². The first-order chi connectivity index (χ1) is 35.2. The van der Waals surface area contributed by atoms with Gasteiger partial charge in [0.1, 0.15) is 6.04 Å². The highest BCUT2D eigenvalue weighted by Gasteiger charge is 2.43. The number of carboxylic acid groups (broad SMARTS) is 1. The second-order valence-corrected chi connectivity index (χ2v) is 19.6. The molecule has 1 heterocycles. The van der Waals surface area contributed by atoms with Crippen LogP contribution in [0.25, 0.3) is 0 Å². The molecule has 0 radical (unpaired) electrons. The lowest BCUT2D eigenvalue weighted by atomic mass is 9.89. The van der Waals surface area contributed by atoms with Gasteiger partial charge in [0.15, 0.2) is 5.90 Å². The van der Waals surface area contributed by atoms with Crippen LogP contribution in [0.3, 0.4) is 0 Å². The average Bonchev–Trinajstić information content (AvgIpc) is 3.86. The predicted octanol–water partition coefficient (Wildman–Crippen LogP) is 5.65. The summed E-state index contributed by atoms with van der Waals surface area (Å²) in [5.41, 5.74) is 7.46. The largest absolute Gasteiger partial charge is 0.481 e. The van der Waals surface area contributed by atoms with E-state index in [1.165, 1.54) is 12.7 Å². The molecule has 4 amide bonds. The van der Waals surface area contributed by atoms with Crippen molar-refractivity contribution in [2.45, 2.75) is 130 Å². The third-order valence-corrected chi connectivity index (χ3v) is 13.4. The summed E-state index contributed by atoms with van der Waals surface area (Å²) in [6.45, 7) is 16.3. The second kappa shape index (κ2) is 35.0. The molecule has 0 spiro atoms. The van der Waals surface area contributed by atoms with Crippen LogP contribution in [0.5, 0.6) is 0 Å². The third-order valence-electron chi connectivity index (χ3n) is 13.4. The van der Waals surface area contributed by atoms with Crippen molar-refractivity contribution in [3.63, 3.8) is 0 Å². The van der Waals surface area contributed by atoms with Gasteiger partial charge >= 0.3 is 5.97 Å². The number of hydrogen-bond donors (Lipinski definition) is 5. The van der Waals surface area contributed by atoms with Crippen molar-refractivity contribution < 1.29 is 57.5 Å². The van der Waals surface area contributed by atoms with E-state index in [0.29, 0.717) is 64.5 Å². The molecule has 1 fully saturated rings. The number of benzene rings is 2. The van der Waals surface area contributed by atoms with E-state index in [1.807, 2.05) is 102 Å². The number of methoxy groups -OCH3 is 2. The molecule has 2 aromatic carbocycles. The first kappa shape index (κ1) is 64.8. The molecular weight excluding hydrogens is 951 g/mol. The molecule has 416 valence electrons. The monoisotopic (exact) mass is 1040 g/mol. The van der Waals surface area contributed by atoms with Crippen molar-refractivity contribution in [3.05, 3.63) is 71.8 Å². The molecule has 0 aromatic heterocycles. The summed E-state index contributed by atoms with van der Waals surface area (Å²) < 4.78 is 33.3. The van der Waals surface area contributed by atoms with E-state index in [4.69, 9.17) is 50.1 Å². The molecule has 2 aromatic rings. The molecule has 74 heavy (non-hydrogen) atoms. The zero-order valence-electron chi connectivity index (χ0n) is 46.0. The van der Waals surface area contributed by atoms with Crippen LogP contribution in [0.2, 0.25) is 0 Å². The molecule has 6 N–H and O–H groups in total.